The second-order valence-electron chi connectivity index (χ2n) is 5.40. The Morgan fingerprint density at radius 2 is 1.95 bits per heavy atom. The maximum absolute atomic E-state index is 12.5. The number of hydrogen-bond donors (Lipinski definition) is 2. The number of carbonyl (C=O) groups is 2. The molecule has 7 nitrogen and oxygen atoms in total. The van der Waals surface area contributed by atoms with Gasteiger partial charge in [-0.3, -0.25) is 4.79 Å². The largest absolute Gasteiger partial charge is 0.480 e. The first-order chi connectivity index (χ1) is 8.41. The molecule has 1 amide bonds. The van der Waals surface area contributed by atoms with Gasteiger partial charge in [-0.15, -0.1) is 0 Å². The summed E-state index contributed by atoms with van der Waals surface area (Å²) in [5, 5.41) is 17.5. The number of carboxylic acids is 1. The lowest BCUT2D eigenvalue weighted by molar-refractivity contribution is -0.164. The van der Waals surface area contributed by atoms with Crippen LogP contribution in [0.15, 0.2) is 0 Å². The normalized spacial score (nSPS) is 40.5. The van der Waals surface area contributed by atoms with Crippen LogP contribution in [0, 0.1) is 0 Å². The van der Waals surface area contributed by atoms with Gasteiger partial charge in [0.2, 0.25) is 5.91 Å². The molecule has 0 aromatic heterocycles. The van der Waals surface area contributed by atoms with Gasteiger partial charge in [0, 0.05) is 0 Å². The highest BCUT2D eigenvalue weighted by atomic mass is 79.9. The minimum Gasteiger partial charge on any atom is -0.480 e. The van der Waals surface area contributed by atoms with Crippen molar-refractivity contribution in [2.24, 2.45) is 0 Å². The molecular weight excluding hydrogens is 342 g/mol. The van der Waals surface area contributed by atoms with Crippen molar-refractivity contribution in [3.63, 3.8) is 0 Å². The highest BCUT2D eigenvalue weighted by Crippen LogP contribution is 2.55. The van der Waals surface area contributed by atoms with Crippen LogP contribution in [-0.2, 0) is 19.4 Å². The van der Waals surface area contributed by atoms with Crippen LogP contribution in [0.25, 0.3) is 0 Å². The van der Waals surface area contributed by atoms with E-state index in [0.29, 0.717) is 0 Å². The molecule has 19 heavy (non-hydrogen) atoms. The number of aliphatic hydroxyl groups is 1. The summed E-state index contributed by atoms with van der Waals surface area (Å²) < 4.78 is 21.6. The Labute approximate surface area is 118 Å². The Bertz CT molecular complexity index is 571. The van der Waals surface area contributed by atoms with Crippen molar-refractivity contribution in [3.05, 3.63) is 0 Å². The van der Waals surface area contributed by atoms with Crippen molar-refractivity contribution in [2.45, 2.75) is 47.4 Å². The minimum absolute atomic E-state index is 0.714. The standard InChI is InChI=1S/C10H14BrNO6S/c1-4(13)10(11)7(16)12-5(6(14)15)9(2,3)19(17,18)8(10)12/h4-5,8,13H,1-3H3,(H,14,15)/t4-,5+,8-,10+/m1/s1. The Morgan fingerprint density at radius 3 is 2.32 bits per heavy atom. The molecule has 0 radical (unpaired) electrons. The van der Waals surface area contributed by atoms with Crippen LogP contribution < -0.4 is 0 Å². The van der Waals surface area contributed by atoms with Gasteiger partial charge in [-0.05, 0) is 20.8 Å². The molecule has 2 heterocycles. The van der Waals surface area contributed by atoms with Crippen molar-refractivity contribution in [2.75, 3.05) is 0 Å². The number of carboxylic acid groups (broad SMARTS) is 1. The highest BCUT2D eigenvalue weighted by Gasteiger charge is 2.79. The number of aliphatic carboxylic acids is 1. The number of sulfone groups is 1. The van der Waals surface area contributed by atoms with Crippen LogP contribution in [0.3, 0.4) is 0 Å². The molecule has 2 fully saturated rings. The average molecular weight is 356 g/mol. The Kier molecular flexibility index (Phi) is 2.87. The fourth-order valence-corrected chi connectivity index (χ4v) is 6.28. The molecule has 9 heteroatoms. The summed E-state index contributed by atoms with van der Waals surface area (Å²) in [6.07, 6.45) is -1.25. The number of amides is 1. The van der Waals surface area contributed by atoms with E-state index in [1.807, 2.05) is 0 Å². The van der Waals surface area contributed by atoms with Crippen molar-refractivity contribution >= 4 is 37.6 Å². The first-order valence-electron chi connectivity index (χ1n) is 5.57. The number of halogens is 1. The number of rotatable bonds is 2. The predicted octanol–water partition coefficient (Wildman–Crippen LogP) is -0.671. The van der Waals surface area contributed by atoms with Gasteiger partial charge in [0.1, 0.15) is 10.8 Å². The Morgan fingerprint density at radius 1 is 1.47 bits per heavy atom. The molecule has 0 saturated carbocycles. The lowest BCUT2D eigenvalue weighted by Gasteiger charge is -2.50. The molecule has 2 saturated heterocycles. The fraction of sp³-hybridized carbons (Fsp3) is 0.800. The van der Waals surface area contributed by atoms with Crippen molar-refractivity contribution in [3.8, 4) is 0 Å². The Balaban J connectivity index is 2.65. The van der Waals surface area contributed by atoms with E-state index in [0.717, 1.165) is 4.90 Å². The number of hydrogen-bond acceptors (Lipinski definition) is 5. The van der Waals surface area contributed by atoms with Crippen molar-refractivity contribution in [1.82, 2.24) is 4.90 Å². The summed E-state index contributed by atoms with van der Waals surface area (Å²) in [6.45, 7) is 3.85. The van der Waals surface area contributed by atoms with Crippen LogP contribution in [0.2, 0.25) is 0 Å². The number of nitrogens with zero attached hydrogens (tertiary/aromatic N) is 1. The van der Waals surface area contributed by atoms with Gasteiger partial charge in [-0.2, -0.15) is 0 Å². The first kappa shape index (κ1) is 14.7. The summed E-state index contributed by atoms with van der Waals surface area (Å²) in [5.74, 6) is -2.08. The quantitative estimate of drug-likeness (QED) is 0.501. The third-order valence-corrected chi connectivity index (χ3v) is 8.60. The maximum Gasteiger partial charge on any atom is 0.328 e. The lowest BCUT2D eigenvalue weighted by atomic mass is 9.88. The van der Waals surface area contributed by atoms with Crippen molar-refractivity contribution < 1.29 is 28.2 Å². The number of aliphatic hydroxyl groups excluding tert-OH is 1. The number of fused-ring (bicyclic) bond motifs is 1. The van der Waals surface area contributed by atoms with Gasteiger partial charge in [0.25, 0.3) is 0 Å². The van der Waals surface area contributed by atoms with Crippen LogP contribution in [0.1, 0.15) is 20.8 Å². The molecule has 2 rings (SSSR count). The molecule has 0 unspecified atom stereocenters. The van der Waals surface area contributed by atoms with E-state index in [4.69, 9.17) is 0 Å². The van der Waals surface area contributed by atoms with Gasteiger partial charge in [0.05, 0.1) is 6.10 Å². The van der Waals surface area contributed by atoms with Gasteiger partial charge < -0.3 is 15.1 Å². The van der Waals surface area contributed by atoms with E-state index >= 15 is 0 Å². The van der Waals surface area contributed by atoms with E-state index in [9.17, 15) is 28.2 Å². The Hall–Kier alpha value is -0.670. The predicted molar refractivity (Wildman–Crippen MR) is 68.4 cm³/mol. The number of carbonyl (C=O) groups excluding carboxylic acids is 1. The molecule has 2 N–H and O–H groups in total. The minimum atomic E-state index is -3.93. The zero-order valence-corrected chi connectivity index (χ0v) is 12.9. The van der Waals surface area contributed by atoms with Gasteiger partial charge in [0.15, 0.2) is 19.5 Å². The zero-order chi connectivity index (χ0) is 15.0. The molecule has 4 atom stereocenters. The van der Waals surface area contributed by atoms with Crippen LogP contribution >= 0.6 is 15.9 Å². The van der Waals surface area contributed by atoms with E-state index in [2.05, 4.69) is 15.9 Å². The third-order valence-electron chi connectivity index (χ3n) is 3.98. The van der Waals surface area contributed by atoms with Crippen LogP contribution in [-0.4, -0.2) is 62.0 Å². The van der Waals surface area contributed by atoms with E-state index in [-0.39, 0.29) is 0 Å². The second kappa shape index (κ2) is 3.70. The number of alkyl halides is 1. The second-order valence-corrected chi connectivity index (χ2v) is 9.30. The summed E-state index contributed by atoms with van der Waals surface area (Å²) in [7, 11) is -3.93. The molecular formula is C10H14BrNO6S. The zero-order valence-electron chi connectivity index (χ0n) is 10.5. The molecule has 0 spiro atoms. The molecule has 0 bridgehead atoms. The molecule has 2 aliphatic rings. The fourth-order valence-electron chi connectivity index (χ4n) is 2.75. The summed E-state index contributed by atoms with van der Waals surface area (Å²) in [4.78, 5) is 24.2. The molecule has 0 aliphatic carbocycles. The van der Waals surface area contributed by atoms with Gasteiger partial charge >= 0.3 is 5.97 Å². The highest BCUT2D eigenvalue weighted by molar-refractivity contribution is 9.10. The number of β-lactam (4-membered cyclic amide) rings is 1. The van der Waals surface area contributed by atoms with E-state index in [1.54, 1.807) is 0 Å². The smallest absolute Gasteiger partial charge is 0.328 e. The third kappa shape index (κ3) is 1.38. The van der Waals surface area contributed by atoms with E-state index in [1.165, 1.54) is 20.8 Å². The maximum atomic E-state index is 12.5. The summed E-state index contributed by atoms with van der Waals surface area (Å²) in [5.41, 5.74) is 0. The van der Waals surface area contributed by atoms with Gasteiger partial charge in [-0.25, -0.2) is 13.2 Å². The topological polar surface area (TPSA) is 112 Å². The summed E-state index contributed by atoms with van der Waals surface area (Å²) in [6, 6.07) is -1.44. The van der Waals surface area contributed by atoms with Crippen molar-refractivity contribution in [1.29, 1.82) is 0 Å². The molecule has 0 aromatic rings. The molecule has 108 valence electrons. The first-order valence-corrected chi connectivity index (χ1v) is 7.91. The molecule has 2 aliphatic heterocycles. The monoisotopic (exact) mass is 355 g/mol. The lowest BCUT2D eigenvalue weighted by Crippen LogP contribution is -2.75. The average Bonchev–Trinajstić information content (AvgIpc) is 2.40. The van der Waals surface area contributed by atoms with Gasteiger partial charge in [-0.1, -0.05) is 15.9 Å². The summed E-state index contributed by atoms with van der Waals surface area (Å²) >= 11 is 3.00. The SMILES string of the molecule is C[C@@H](O)[C@]1(Br)C(=O)N2[C@@H](C(=O)O)C(C)(C)S(=O)(=O)[C@@H]21. The molecule has 0 aromatic carbocycles. The van der Waals surface area contributed by atoms with Crippen LogP contribution in [0.5, 0.6) is 0 Å². The van der Waals surface area contributed by atoms with Crippen LogP contribution in [0.4, 0.5) is 0 Å². The van der Waals surface area contributed by atoms with E-state index < -0.39 is 48.3 Å².